The first-order valence-corrected chi connectivity index (χ1v) is 6.98. The number of thiocarbonyl (C=S) groups is 1. The maximum atomic E-state index is 6.06. The van der Waals surface area contributed by atoms with E-state index in [2.05, 4.69) is 0 Å². The minimum atomic E-state index is -0.183. The van der Waals surface area contributed by atoms with E-state index in [1.54, 1.807) is 18.2 Å². The van der Waals surface area contributed by atoms with Crippen molar-refractivity contribution in [3.8, 4) is 0 Å². The molecule has 0 fully saturated rings. The van der Waals surface area contributed by atoms with Crippen molar-refractivity contribution in [2.75, 3.05) is 5.75 Å². The van der Waals surface area contributed by atoms with Gasteiger partial charge >= 0.3 is 0 Å². The number of ether oxygens (including phenoxy) is 1. The molecular formula is C11H12Cl2OS2. The average Bonchev–Trinajstić information content (AvgIpc) is 2.21. The van der Waals surface area contributed by atoms with E-state index >= 15 is 0 Å². The number of thioether (sulfide) groups is 1. The Kier molecular flexibility index (Phi) is 5.90. The molecule has 5 heteroatoms. The van der Waals surface area contributed by atoms with Gasteiger partial charge in [0.15, 0.2) is 0 Å². The zero-order valence-electron chi connectivity index (χ0n) is 9.00. The van der Waals surface area contributed by atoms with E-state index in [1.807, 2.05) is 13.8 Å². The highest BCUT2D eigenvalue weighted by atomic mass is 35.5. The van der Waals surface area contributed by atoms with Crippen LogP contribution in [0.15, 0.2) is 18.2 Å². The Morgan fingerprint density at radius 1 is 1.50 bits per heavy atom. The summed E-state index contributed by atoms with van der Waals surface area (Å²) in [5.74, 6) is 0.898. The van der Waals surface area contributed by atoms with Crippen LogP contribution in [0.4, 0.5) is 0 Å². The lowest BCUT2D eigenvalue weighted by molar-refractivity contribution is 0.227. The summed E-state index contributed by atoms with van der Waals surface area (Å²) in [7, 11) is 0. The van der Waals surface area contributed by atoms with E-state index in [4.69, 9.17) is 40.2 Å². The highest BCUT2D eigenvalue weighted by Gasteiger charge is 2.13. The highest BCUT2D eigenvalue weighted by Crippen LogP contribution is 2.29. The first-order chi connectivity index (χ1) is 7.54. The minimum absolute atomic E-state index is 0.183. The first-order valence-electron chi connectivity index (χ1n) is 4.83. The van der Waals surface area contributed by atoms with Crippen molar-refractivity contribution in [1.29, 1.82) is 0 Å². The summed E-state index contributed by atoms with van der Waals surface area (Å²) in [5.41, 5.74) is 0.855. The van der Waals surface area contributed by atoms with Gasteiger partial charge in [0.05, 0.1) is 0 Å². The fourth-order valence-corrected chi connectivity index (χ4v) is 2.58. The molecule has 1 atom stereocenters. The summed E-state index contributed by atoms with van der Waals surface area (Å²) in [5, 5.41) is 1.28. The van der Waals surface area contributed by atoms with Crippen LogP contribution in [-0.2, 0) is 4.74 Å². The highest BCUT2D eigenvalue weighted by molar-refractivity contribution is 8.22. The van der Waals surface area contributed by atoms with E-state index in [-0.39, 0.29) is 6.10 Å². The van der Waals surface area contributed by atoms with Gasteiger partial charge in [-0.15, -0.1) is 0 Å². The Morgan fingerprint density at radius 3 is 2.81 bits per heavy atom. The third-order valence-electron chi connectivity index (χ3n) is 1.93. The smallest absolute Gasteiger partial charge is 0.220 e. The number of hydrogen-bond acceptors (Lipinski definition) is 3. The Bertz CT molecular complexity index is 382. The molecule has 0 aliphatic heterocycles. The fourth-order valence-electron chi connectivity index (χ4n) is 1.19. The molecule has 1 nitrogen and oxygen atoms in total. The SMILES string of the molecule is CCSC(=S)OC(C)c1cc(Cl)ccc1Cl. The first kappa shape index (κ1) is 14.1. The molecule has 0 amide bonds. The van der Waals surface area contributed by atoms with Crippen LogP contribution in [0.1, 0.15) is 25.5 Å². The number of hydrogen-bond donors (Lipinski definition) is 0. The van der Waals surface area contributed by atoms with Gasteiger partial charge < -0.3 is 4.74 Å². The molecule has 0 N–H and O–H groups in total. The van der Waals surface area contributed by atoms with Gasteiger partial charge in [-0.1, -0.05) is 41.9 Å². The van der Waals surface area contributed by atoms with Crippen molar-refractivity contribution in [2.24, 2.45) is 0 Å². The van der Waals surface area contributed by atoms with Gasteiger partial charge in [0, 0.05) is 15.6 Å². The monoisotopic (exact) mass is 294 g/mol. The summed E-state index contributed by atoms with van der Waals surface area (Å²) < 4.78 is 6.10. The second-order valence-electron chi connectivity index (χ2n) is 3.11. The van der Waals surface area contributed by atoms with Crippen LogP contribution in [0.2, 0.25) is 10.0 Å². The van der Waals surface area contributed by atoms with Gasteiger partial charge in [0.25, 0.3) is 0 Å². The summed E-state index contributed by atoms with van der Waals surface area (Å²) in [6, 6.07) is 5.31. The predicted molar refractivity (Wildman–Crippen MR) is 76.7 cm³/mol. The molecule has 0 aliphatic rings. The number of rotatable bonds is 3. The zero-order chi connectivity index (χ0) is 12.1. The predicted octanol–water partition coefficient (Wildman–Crippen LogP) is 5.11. The van der Waals surface area contributed by atoms with E-state index in [9.17, 15) is 0 Å². The Balaban J connectivity index is 2.76. The molecule has 1 unspecified atom stereocenters. The van der Waals surface area contributed by atoms with Crippen molar-refractivity contribution in [2.45, 2.75) is 20.0 Å². The van der Waals surface area contributed by atoms with Crippen molar-refractivity contribution < 1.29 is 4.74 Å². The minimum Gasteiger partial charge on any atom is -0.471 e. The molecule has 88 valence electrons. The summed E-state index contributed by atoms with van der Waals surface area (Å²) >= 11 is 18.5. The van der Waals surface area contributed by atoms with Gasteiger partial charge in [-0.3, -0.25) is 0 Å². The van der Waals surface area contributed by atoms with E-state index in [1.165, 1.54) is 11.8 Å². The van der Waals surface area contributed by atoms with Crippen LogP contribution in [-0.4, -0.2) is 10.1 Å². The number of benzene rings is 1. The summed E-state index contributed by atoms with van der Waals surface area (Å²) in [6.07, 6.45) is -0.183. The third kappa shape index (κ3) is 4.13. The van der Waals surface area contributed by atoms with Crippen molar-refractivity contribution in [3.05, 3.63) is 33.8 Å². The van der Waals surface area contributed by atoms with Gasteiger partial charge in [-0.25, -0.2) is 0 Å². The van der Waals surface area contributed by atoms with Crippen molar-refractivity contribution in [1.82, 2.24) is 0 Å². The Labute approximate surface area is 115 Å². The summed E-state index contributed by atoms with van der Waals surface area (Å²) in [4.78, 5) is 0. The maximum absolute atomic E-state index is 6.06. The number of halogens is 2. The van der Waals surface area contributed by atoms with E-state index in [0.717, 1.165) is 11.3 Å². The zero-order valence-corrected chi connectivity index (χ0v) is 12.1. The van der Waals surface area contributed by atoms with Gasteiger partial charge in [-0.05, 0) is 43.1 Å². The van der Waals surface area contributed by atoms with E-state index in [0.29, 0.717) is 14.4 Å². The topological polar surface area (TPSA) is 9.23 Å². The lowest BCUT2D eigenvalue weighted by Gasteiger charge is -2.16. The Hall–Kier alpha value is 0.0400. The van der Waals surface area contributed by atoms with Crippen LogP contribution in [0.5, 0.6) is 0 Å². The molecule has 0 radical (unpaired) electrons. The molecule has 0 saturated heterocycles. The normalized spacial score (nSPS) is 12.2. The molecule has 0 aliphatic carbocycles. The second-order valence-corrected chi connectivity index (χ2v) is 5.82. The molecule has 1 rings (SSSR count). The largest absolute Gasteiger partial charge is 0.471 e. The summed E-state index contributed by atoms with van der Waals surface area (Å²) in [6.45, 7) is 3.93. The molecule has 1 aromatic carbocycles. The molecule has 0 bridgehead atoms. The molecule has 0 heterocycles. The van der Waals surface area contributed by atoms with Crippen LogP contribution in [0.3, 0.4) is 0 Å². The fraction of sp³-hybridized carbons (Fsp3) is 0.364. The van der Waals surface area contributed by atoms with Crippen LogP contribution in [0, 0.1) is 0 Å². The molecule has 16 heavy (non-hydrogen) atoms. The molecular weight excluding hydrogens is 283 g/mol. The van der Waals surface area contributed by atoms with Crippen LogP contribution < -0.4 is 0 Å². The van der Waals surface area contributed by atoms with Gasteiger partial charge in [0.1, 0.15) is 6.10 Å². The van der Waals surface area contributed by atoms with Crippen molar-refractivity contribution in [3.63, 3.8) is 0 Å². The lowest BCUT2D eigenvalue weighted by Crippen LogP contribution is -2.04. The Morgan fingerprint density at radius 2 is 2.19 bits per heavy atom. The second kappa shape index (κ2) is 6.70. The molecule has 0 spiro atoms. The molecule has 1 aromatic rings. The average molecular weight is 295 g/mol. The van der Waals surface area contributed by atoms with Crippen LogP contribution >= 0.6 is 47.2 Å². The van der Waals surface area contributed by atoms with E-state index < -0.39 is 0 Å². The van der Waals surface area contributed by atoms with Crippen LogP contribution in [0.25, 0.3) is 0 Å². The maximum Gasteiger partial charge on any atom is 0.220 e. The van der Waals surface area contributed by atoms with Crippen molar-refractivity contribution >= 4 is 51.6 Å². The molecule has 0 saturated carbocycles. The van der Waals surface area contributed by atoms with Gasteiger partial charge in [-0.2, -0.15) is 0 Å². The quantitative estimate of drug-likeness (QED) is 0.717. The third-order valence-corrected chi connectivity index (χ3v) is 3.58. The molecule has 0 aromatic heterocycles. The lowest BCUT2D eigenvalue weighted by atomic mass is 10.1. The standard InChI is InChI=1S/C11H12Cl2OS2/c1-3-16-11(15)14-7(2)9-6-8(12)4-5-10(9)13/h4-7H,3H2,1-2H3. The van der Waals surface area contributed by atoms with Gasteiger partial charge in [0.2, 0.25) is 4.38 Å².